The molecular weight excluding hydrogens is 208 g/mol. The number of rotatable bonds is 1. The highest BCUT2D eigenvalue weighted by Crippen LogP contribution is 2.07. The van der Waals surface area contributed by atoms with Gasteiger partial charge < -0.3 is 5.73 Å². The number of pyridine rings is 1. The van der Waals surface area contributed by atoms with Crippen molar-refractivity contribution in [1.29, 1.82) is 0 Å². The number of hydrogen-bond donors (Lipinski definition) is 1. The van der Waals surface area contributed by atoms with E-state index in [1.165, 1.54) is 18.7 Å². The summed E-state index contributed by atoms with van der Waals surface area (Å²) in [6.45, 7) is 3.44. The minimum Gasteiger partial charge on any atom is -0.397 e. The zero-order valence-electron chi connectivity index (χ0n) is 8.70. The van der Waals surface area contributed by atoms with Crippen LogP contribution >= 0.6 is 11.8 Å². The second kappa shape index (κ2) is 5.42. The molecule has 78 valence electrons. The van der Waals surface area contributed by atoms with Crippen LogP contribution in [0.3, 0.4) is 0 Å². The lowest BCUT2D eigenvalue weighted by Gasteiger charge is -1.97. The van der Waals surface area contributed by atoms with E-state index < -0.39 is 0 Å². The summed E-state index contributed by atoms with van der Waals surface area (Å²) in [4.78, 5) is 14.7. The highest BCUT2D eigenvalue weighted by atomic mass is 32.2. The quantitative estimate of drug-likeness (QED) is 0.730. The second-order valence-electron chi connectivity index (χ2n) is 3.02. The number of nitrogens with zero attached hydrogens (tertiary/aromatic N) is 1. The third-order valence-electron chi connectivity index (χ3n) is 1.65. The minimum atomic E-state index is 0.0753. The molecule has 2 N–H and O–H groups in total. The van der Waals surface area contributed by atoms with E-state index in [0.717, 1.165) is 5.56 Å². The predicted octanol–water partition coefficient (Wildman–Crippen LogP) is 1.60. The Balaban J connectivity index is 2.67. The maximum absolute atomic E-state index is 10.6. The van der Waals surface area contributed by atoms with Crippen LogP contribution in [0.5, 0.6) is 0 Å². The van der Waals surface area contributed by atoms with Crippen LogP contribution in [-0.4, -0.2) is 15.9 Å². The van der Waals surface area contributed by atoms with Gasteiger partial charge in [-0.05, 0) is 24.5 Å². The molecule has 1 aromatic heterocycles. The Morgan fingerprint density at radius 1 is 1.67 bits per heavy atom. The number of aryl methyl sites for hydroxylation is 1. The lowest BCUT2D eigenvalue weighted by atomic mass is 10.2. The molecule has 0 radical (unpaired) electrons. The molecule has 0 aromatic carbocycles. The van der Waals surface area contributed by atoms with Crippen molar-refractivity contribution in [3.8, 4) is 11.8 Å². The molecule has 0 saturated heterocycles. The number of carbonyl (C=O) groups excluding carboxylic acids is 1. The van der Waals surface area contributed by atoms with Gasteiger partial charge >= 0.3 is 0 Å². The molecular formula is C11H12N2OS. The molecule has 0 atom stereocenters. The van der Waals surface area contributed by atoms with Crippen molar-refractivity contribution in [3.63, 3.8) is 0 Å². The SMILES string of the molecule is CC(=O)SCC#Cc1ncc(N)cc1C. The molecule has 0 spiro atoms. The van der Waals surface area contributed by atoms with Gasteiger partial charge in [-0.15, -0.1) is 0 Å². The minimum absolute atomic E-state index is 0.0753. The summed E-state index contributed by atoms with van der Waals surface area (Å²) in [5.74, 6) is 6.29. The van der Waals surface area contributed by atoms with Gasteiger partial charge in [-0.25, -0.2) is 4.98 Å². The molecule has 0 bridgehead atoms. The van der Waals surface area contributed by atoms with Crippen LogP contribution in [0.1, 0.15) is 18.2 Å². The fourth-order valence-corrected chi connectivity index (χ4v) is 1.33. The lowest BCUT2D eigenvalue weighted by molar-refractivity contribution is -0.109. The molecule has 1 aromatic rings. The summed E-state index contributed by atoms with van der Waals surface area (Å²) in [6.07, 6.45) is 1.58. The van der Waals surface area contributed by atoms with Crippen LogP contribution in [0.25, 0.3) is 0 Å². The molecule has 1 heterocycles. The molecule has 1 rings (SSSR count). The molecule has 0 saturated carbocycles. The molecule has 4 heteroatoms. The molecule has 0 aliphatic carbocycles. The van der Waals surface area contributed by atoms with Crippen LogP contribution in [0.2, 0.25) is 0 Å². The Bertz CT molecular complexity index is 432. The summed E-state index contributed by atoms with van der Waals surface area (Å²) in [5, 5.41) is 0.0753. The average Bonchev–Trinajstić information content (AvgIpc) is 2.14. The van der Waals surface area contributed by atoms with E-state index >= 15 is 0 Å². The third-order valence-corrected chi connectivity index (χ3v) is 2.35. The molecule has 0 fully saturated rings. The van der Waals surface area contributed by atoms with Crippen LogP contribution in [0.15, 0.2) is 12.3 Å². The molecule has 0 aliphatic heterocycles. The first-order chi connectivity index (χ1) is 7.09. The second-order valence-corrected chi connectivity index (χ2v) is 4.17. The maximum Gasteiger partial charge on any atom is 0.186 e. The van der Waals surface area contributed by atoms with Crippen molar-refractivity contribution in [3.05, 3.63) is 23.5 Å². The number of anilines is 1. The smallest absolute Gasteiger partial charge is 0.186 e. The number of nitrogens with two attached hydrogens (primary N) is 1. The first-order valence-electron chi connectivity index (χ1n) is 4.44. The number of thioether (sulfide) groups is 1. The van der Waals surface area contributed by atoms with E-state index in [9.17, 15) is 4.79 Å². The van der Waals surface area contributed by atoms with Crippen molar-refractivity contribution in [2.24, 2.45) is 0 Å². The van der Waals surface area contributed by atoms with E-state index in [1.807, 2.05) is 13.0 Å². The molecule has 3 nitrogen and oxygen atoms in total. The topological polar surface area (TPSA) is 56.0 Å². The summed E-state index contributed by atoms with van der Waals surface area (Å²) < 4.78 is 0. The fourth-order valence-electron chi connectivity index (χ4n) is 0.985. The van der Waals surface area contributed by atoms with E-state index in [-0.39, 0.29) is 5.12 Å². The number of aromatic nitrogens is 1. The molecule has 0 unspecified atom stereocenters. The standard InChI is InChI=1S/C11H12N2OS/c1-8-6-10(12)7-13-11(8)4-3-5-15-9(2)14/h6-7H,5,12H2,1-2H3. The van der Waals surface area contributed by atoms with Crippen molar-refractivity contribution < 1.29 is 4.79 Å². The first kappa shape index (κ1) is 11.6. The van der Waals surface area contributed by atoms with Crippen LogP contribution in [0.4, 0.5) is 5.69 Å². The highest BCUT2D eigenvalue weighted by Gasteiger charge is 1.96. The van der Waals surface area contributed by atoms with Gasteiger partial charge in [-0.3, -0.25) is 4.79 Å². The first-order valence-corrected chi connectivity index (χ1v) is 5.42. The Labute approximate surface area is 93.5 Å². The Morgan fingerprint density at radius 2 is 2.40 bits per heavy atom. The molecule has 0 aliphatic rings. The zero-order chi connectivity index (χ0) is 11.3. The lowest BCUT2D eigenvalue weighted by Crippen LogP contribution is -1.92. The normalized spacial score (nSPS) is 9.20. The number of carbonyl (C=O) groups is 1. The highest BCUT2D eigenvalue weighted by molar-refractivity contribution is 8.13. The van der Waals surface area contributed by atoms with Crippen LogP contribution < -0.4 is 5.73 Å². The van der Waals surface area contributed by atoms with Gasteiger partial charge in [0.05, 0.1) is 17.6 Å². The Hall–Kier alpha value is -1.47. The van der Waals surface area contributed by atoms with Gasteiger partial charge in [0.2, 0.25) is 0 Å². The Kier molecular flexibility index (Phi) is 4.19. The maximum atomic E-state index is 10.6. The van der Waals surface area contributed by atoms with Gasteiger partial charge in [0.15, 0.2) is 5.12 Å². The summed E-state index contributed by atoms with van der Waals surface area (Å²) in [7, 11) is 0. The van der Waals surface area contributed by atoms with Crippen molar-refractivity contribution in [1.82, 2.24) is 4.98 Å². The monoisotopic (exact) mass is 220 g/mol. The van der Waals surface area contributed by atoms with Crippen molar-refractivity contribution in [2.75, 3.05) is 11.5 Å². The van der Waals surface area contributed by atoms with Gasteiger partial charge in [-0.1, -0.05) is 17.7 Å². The van der Waals surface area contributed by atoms with Crippen LogP contribution in [0, 0.1) is 18.8 Å². The van der Waals surface area contributed by atoms with Crippen LogP contribution in [-0.2, 0) is 4.79 Å². The van der Waals surface area contributed by atoms with E-state index in [0.29, 0.717) is 17.1 Å². The van der Waals surface area contributed by atoms with E-state index in [2.05, 4.69) is 16.8 Å². The third kappa shape index (κ3) is 4.05. The van der Waals surface area contributed by atoms with Gasteiger partial charge in [0.25, 0.3) is 0 Å². The molecule has 15 heavy (non-hydrogen) atoms. The summed E-state index contributed by atoms with van der Waals surface area (Å²) in [5.41, 5.74) is 7.87. The molecule has 0 amide bonds. The number of hydrogen-bond acceptors (Lipinski definition) is 4. The van der Waals surface area contributed by atoms with Gasteiger partial charge in [0.1, 0.15) is 5.69 Å². The van der Waals surface area contributed by atoms with Gasteiger partial charge in [-0.2, -0.15) is 0 Å². The zero-order valence-corrected chi connectivity index (χ0v) is 9.52. The predicted molar refractivity (Wildman–Crippen MR) is 63.4 cm³/mol. The van der Waals surface area contributed by atoms with E-state index in [1.54, 1.807) is 6.20 Å². The Morgan fingerprint density at radius 3 is 3.00 bits per heavy atom. The largest absolute Gasteiger partial charge is 0.397 e. The van der Waals surface area contributed by atoms with E-state index in [4.69, 9.17) is 5.73 Å². The summed E-state index contributed by atoms with van der Waals surface area (Å²) in [6, 6.07) is 1.83. The average molecular weight is 220 g/mol. The van der Waals surface area contributed by atoms with Gasteiger partial charge in [0, 0.05) is 6.92 Å². The van der Waals surface area contributed by atoms with Crippen molar-refractivity contribution in [2.45, 2.75) is 13.8 Å². The number of nitrogen functional groups attached to an aromatic ring is 1. The van der Waals surface area contributed by atoms with Crippen molar-refractivity contribution >= 4 is 22.6 Å². The summed E-state index contributed by atoms with van der Waals surface area (Å²) >= 11 is 1.19. The fraction of sp³-hybridized carbons (Fsp3) is 0.273.